The average Bonchev–Trinajstić information content (AvgIpc) is 3.29. The number of benzene rings is 1. The van der Waals surface area contributed by atoms with Crippen molar-refractivity contribution in [2.75, 3.05) is 31.7 Å². The minimum atomic E-state index is -1.10. The highest BCUT2D eigenvalue weighted by atomic mass is 32.1. The normalized spacial score (nSPS) is 17.7. The molecule has 1 saturated heterocycles. The Morgan fingerprint density at radius 2 is 1.76 bits per heavy atom. The van der Waals surface area contributed by atoms with Crippen molar-refractivity contribution < 1.29 is 33.4 Å². The van der Waals surface area contributed by atoms with E-state index in [9.17, 15) is 19.2 Å². The summed E-state index contributed by atoms with van der Waals surface area (Å²) in [4.78, 5) is 49.4. The Bertz CT molecular complexity index is 963. The Morgan fingerprint density at radius 1 is 1.09 bits per heavy atom. The van der Waals surface area contributed by atoms with Crippen molar-refractivity contribution >= 4 is 41.3 Å². The maximum atomic E-state index is 12.8. The molecule has 2 rings (SSSR count). The number of hydrogen-bond donors (Lipinski definition) is 3. The number of carbonyl (C=O) groups excluding carboxylic acids is 4. The van der Waals surface area contributed by atoms with Gasteiger partial charge in [-0.2, -0.15) is 0 Å². The molecule has 182 valence electrons. The van der Waals surface area contributed by atoms with Gasteiger partial charge in [0.05, 0.1) is 6.04 Å². The minimum Gasteiger partial charge on any atom is -0.489 e. The zero-order valence-electron chi connectivity index (χ0n) is 18.7. The number of thiol groups is 1. The third-order valence-electron chi connectivity index (χ3n) is 4.97. The van der Waals surface area contributed by atoms with E-state index < -0.39 is 40.8 Å². The van der Waals surface area contributed by atoms with E-state index in [0.717, 1.165) is 0 Å². The van der Waals surface area contributed by atoms with E-state index in [-0.39, 0.29) is 44.1 Å². The first kappa shape index (κ1) is 26.9. The lowest BCUT2D eigenvalue weighted by Gasteiger charge is -2.18. The largest absolute Gasteiger partial charge is 0.489 e. The molecule has 1 aromatic rings. The number of nitrogens with one attached hydrogen (secondary N) is 2. The molecule has 3 unspecified atom stereocenters. The van der Waals surface area contributed by atoms with Crippen LogP contribution in [0.3, 0.4) is 0 Å². The van der Waals surface area contributed by atoms with Crippen molar-refractivity contribution in [3.05, 3.63) is 61.7 Å². The lowest BCUT2D eigenvalue weighted by atomic mass is 9.90. The van der Waals surface area contributed by atoms with Crippen molar-refractivity contribution in [2.45, 2.75) is 12.5 Å². The highest BCUT2D eigenvalue weighted by Gasteiger charge is 2.41. The quantitative estimate of drug-likeness (QED) is 0.167. The van der Waals surface area contributed by atoms with E-state index in [1.54, 1.807) is 12.1 Å². The lowest BCUT2D eigenvalue weighted by Crippen LogP contribution is -2.35. The van der Waals surface area contributed by atoms with E-state index in [1.807, 2.05) is 0 Å². The summed E-state index contributed by atoms with van der Waals surface area (Å²) in [6.07, 6.45) is 4.59. The average molecular weight is 489 g/mol. The summed E-state index contributed by atoms with van der Waals surface area (Å²) >= 11 is 3.82. The monoisotopic (exact) mass is 488 g/mol. The van der Waals surface area contributed by atoms with Gasteiger partial charge in [-0.25, -0.2) is 4.79 Å². The summed E-state index contributed by atoms with van der Waals surface area (Å²) in [7, 11) is 0. The van der Waals surface area contributed by atoms with Crippen molar-refractivity contribution in [3.8, 4) is 5.75 Å². The van der Waals surface area contributed by atoms with Crippen LogP contribution in [0, 0.1) is 11.8 Å². The van der Waals surface area contributed by atoms with E-state index in [0.29, 0.717) is 5.69 Å². The molecule has 0 saturated carbocycles. The number of ether oxygens (including phenoxy) is 3. The summed E-state index contributed by atoms with van der Waals surface area (Å²) in [5.74, 6) is -3.01. The summed E-state index contributed by atoms with van der Waals surface area (Å²) in [6, 6.07) is 3.90. The maximum Gasteiger partial charge on any atom is 0.342 e. The Labute approximate surface area is 203 Å². The molecule has 0 radical (unpaired) electrons. The van der Waals surface area contributed by atoms with Crippen LogP contribution < -0.4 is 15.4 Å². The van der Waals surface area contributed by atoms with Crippen LogP contribution in [0.15, 0.2) is 56.2 Å². The molecule has 0 spiro atoms. The predicted molar refractivity (Wildman–Crippen MR) is 130 cm³/mol. The van der Waals surface area contributed by atoms with Crippen LogP contribution in [-0.4, -0.2) is 55.4 Å². The Balaban J connectivity index is 2.11. The van der Waals surface area contributed by atoms with E-state index in [2.05, 4.69) is 43.0 Å². The highest BCUT2D eigenvalue weighted by molar-refractivity contribution is 7.96. The highest BCUT2D eigenvalue weighted by Crippen LogP contribution is 2.28. The van der Waals surface area contributed by atoms with Crippen LogP contribution in [0.5, 0.6) is 5.75 Å². The maximum absolute atomic E-state index is 12.8. The smallest absolute Gasteiger partial charge is 0.342 e. The summed E-state index contributed by atoms with van der Waals surface area (Å²) in [5.41, 5.74) is 0.475. The SMILES string of the molecule is C=CCOC(=O)c1cc(NC(=O)C2CC(C(C(=O)S)C(=O)OCC=C)CN2)ccc1OCC=C. The van der Waals surface area contributed by atoms with Crippen LogP contribution in [0.4, 0.5) is 5.69 Å². The van der Waals surface area contributed by atoms with Crippen LogP contribution in [0.25, 0.3) is 0 Å². The third kappa shape index (κ3) is 7.32. The predicted octanol–water partition coefficient (Wildman–Crippen LogP) is 2.31. The number of rotatable bonds is 13. The first-order chi connectivity index (χ1) is 16.3. The molecule has 1 aliphatic heterocycles. The van der Waals surface area contributed by atoms with E-state index >= 15 is 0 Å². The van der Waals surface area contributed by atoms with Gasteiger partial charge in [-0.3, -0.25) is 14.4 Å². The van der Waals surface area contributed by atoms with Crippen molar-refractivity contribution in [2.24, 2.45) is 11.8 Å². The Morgan fingerprint density at radius 3 is 2.41 bits per heavy atom. The molecule has 0 bridgehead atoms. The molecule has 34 heavy (non-hydrogen) atoms. The molecule has 2 N–H and O–H groups in total. The van der Waals surface area contributed by atoms with Crippen LogP contribution in [0.2, 0.25) is 0 Å². The van der Waals surface area contributed by atoms with Gasteiger partial charge in [0.15, 0.2) is 5.12 Å². The molecule has 10 heteroatoms. The van der Waals surface area contributed by atoms with Gasteiger partial charge in [-0.15, -0.1) is 12.6 Å². The standard InChI is InChI=1S/C24H28N2O7S/c1-4-9-31-19-8-7-16(13-17(19)22(28)32-10-5-2)26-21(27)18-12-15(14-25-18)20(24(30)34)23(29)33-11-6-3/h4-8,13,15,18,20,25H,1-3,9-12,14H2,(H,26,27)(H,30,34). The van der Waals surface area contributed by atoms with Crippen molar-refractivity contribution in [1.29, 1.82) is 0 Å². The van der Waals surface area contributed by atoms with Crippen molar-refractivity contribution in [3.63, 3.8) is 0 Å². The zero-order valence-corrected chi connectivity index (χ0v) is 19.6. The summed E-state index contributed by atoms with van der Waals surface area (Å²) in [5, 5.41) is 5.12. The molecule has 1 aromatic carbocycles. The van der Waals surface area contributed by atoms with Crippen LogP contribution in [0.1, 0.15) is 16.8 Å². The van der Waals surface area contributed by atoms with Gasteiger partial charge in [0.2, 0.25) is 5.91 Å². The molecule has 1 aliphatic rings. The van der Waals surface area contributed by atoms with Gasteiger partial charge in [0.1, 0.15) is 37.1 Å². The summed E-state index contributed by atoms with van der Waals surface area (Å²) < 4.78 is 15.6. The molecule has 0 aliphatic carbocycles. The number of carbonyl (C=O) groups is 4. The molecule has 0 aromatic heterocycles. The number of esters is 2. The second-order valence-electron chi connectivity index (χ2n) is 7.38. The fraction of sp³-hybridized carbons (Fsp3) is 0.333. The minimum absolute atomic E-state index is 0.0178. The molecule has 1 fully saturated rings. The molecular weight excluding hydrogens is 460 g/mol. The van der Waals surface area contributed by atoms with E-state index in [1.165, 1.54) is 24.3 Å². The second kappa shape index (κ2) is 13.4. The Hall–Kier alpha value is -3.37. The summed E-state index contributed by atoms with van der Waals surface area (Å²) in [6.45, 7) is 11.0. The molecule has 9 nitrogen and oxygen atoms in total. The lowest BCUT2D eigenvalue weighted by molar-refractivity contribution is -0.151. The van der Waals surface area contributed by atoms with Gasteiger partial charge in [0.25, 0.3) is 0 Å². The second-order valence-corrected chi connectivity index (χ2v) is 7.82. The number of anilines is 1. The number of amides is 1. The third-order valence-corrected chi connectivity index (χ3v) is 5.25. The first-order valence-electron chi connectivity index (χ1n) is 10.5. The van der Waals surface area contributed by atoms with Crippen LogP contribution >= 0.6 is 12.6 Å². The van der Waals surface area contributed by atoms with Gasteiger partial charge < -0.3 is 24.8 Å². The zero-order chi connectivity index (χ0) is 25.1. The van der Waals surface area contributed by atoms with Crippen LogP contribution in [-0.2, 0) is 23.9 Å². The molecular formula is C24H28N2O7S. The first-order valence-corrected chi connectivity index (χ1v) is 11.0. The Kier molecular flexibility index (Phi) is 10.6. The van der Waals surface area contributed by atoms with Gasteiger partial charge in [-0.05, 0) is 30.5 Å². The van der Waals surface area contributed by atoms with Gasteiger partial charge in [-0.1, -0.05) is 38.0 Å². The van der Waals surface area contributed by atoms with Gasteiger partial charge in [0, 0.05) is 12.2 Å². The fourth-order valence-corrected chi connectivity index (χ4v) is 3.74. The topological polar surface area (TPSA) is 120 Å². The van der Waals surface area contributed by atoms with Crippen molar-refractivity contribution in [1.82, 2.24) is 5.32 Å². The number of hydrogen-bond acceptors (Lipinski definition) is 8. The fourth-order valence-electron chi connectivity index (χ4n) is 3.43. The van der Waals surface area contributed by atoms with Gasteiger partial charge >= 0.3 is 11.9 Å². The molecule has 1 amide bonds. The molecule has 3 atom stereocenters. The van der Waals surface area contributed by atoms with E-state index in [4.69, 9.17) is 14.2 Å². The molecule has 1 heterocycles.